The Morgan fingerprint density at radius 1 is 1.20 bits per heavy atom. The minimum atomic E-state index is -0.390. The third-order valence-corrected chi connectivity index (χ3v) is 5.00. The molecule has 0 aliphatic rings. The zero-order valence-electron chi connectivity index (χ0n) is 18.0. The van der Waals surface area contributed by atoms with Crippen molar-refractivity contribution >= 4 is 5.91 Å². The van der Waals surface area contributed by atoms with Crippen LogP contribution in [0.1, 0.15) is 66.7 Å². The predicted molar refractivity (Wildman–Crippen MR) is 113 cm³/mol. The maximum absolute atomic E-state index is 13.3. The van der Waals surface area contributed by atoms with Gasteiger partial charge in [0.05, 0.1) is 11.6 Å². The van der Waals surface area contributed by atoms with Gasteiger partial charge in [-0.3, -0.25) is 4.79 Å². The molecule has 1 N–H and O–H groups in total. The number of aromatic nitrogens is 1. The number of nitrogens with zero attached hydrogens (tertiary/aromatic N) is 1. The maximum atomic E-state index is 13.3. The quantitative estimate of drug-likeness (QED) is 0.584. The first-order valence-electron chi connectivity index (χ1n) is 9.90. The molecule has 2 aromatic carbocycles. The first-order valence-corrected chi connectivity index (χ1v) is 9.90. The Bertz CT molecular complexity index is 1020. The molecular formula is C24H27FN2O3. The SMILES string of the molecule is Cc1onc(C(=O)NC(C)c2ccc(C(C)(C)C)cc2)c1COc1cccc(F)c1. The van der Waals surface area contributed by atoms with Crippen LogP contribution in [0.15, 0.2) is 53.1 Å². The zero-order chi connectivity index (χ0) is 21.9. The predicted octanol–water partition coefficient (Wildman–Crippen LogP) is 5.49. The van der Waals surface area contributed by atoms with Crippen LogP contribution < -0.4 is 10.1 Å². The average molecular weight is 410 g/mol. The Morgan fingerprint density at radius 2 is 1.90 bits per heavy atom. The smallest absolute Gasteiger partial charge is 0.274 e. The molecule has 0 spiro atoms. The second kappa shape index (κ2) is 8.69. The summed E-state index contributed by atoms with van der Waals surface area (Å²) in [5.41, 5.74) is 3.00. The number of ether oxygens (including phenoxy) is 1. The maximum Gasteiger partial charge on any atom is 0.274 e. The van der Waals surface area contributed by atoms with Gasteiger partial charge in [-0.2, -0.15) is 0 Å². The van der Waals surface area contributed by atoms with Gasteiger partial charge in [0, 0.05) is 6.07 Å². The standard InChI is InChI=1S/C24H27FN2O3/c1-15(17-9-11-18(12-10-17)24(3,4)5)26-23(28)22-21(16(2)30-27-22)14-29-20-8-6-7-19(25)13-20/h6-13,15H,14H2,1-5H3,(H,26,28). The van der Waals surface area contributed by atoms with Gasteiger partial charge >= 0.3 is 0 Å². The number of hydrogen-bond donors (Lipinski definition) is 1. The third kappa shape index (κ3) is 5.06. The highest BCUT2D eigenvalue weighted by molar-refractivity contribution is 5.94. The summed E-state index contributed by atoms with van der Waals surface area (Å²) in [6.07, 6.45) is 0. The lowest BCUT2D eigenvalue weighted by molar-refractivity contribution is 0.0928. The van der Waals surface area contributed by atoms with Crippen molar-refractivity contribution in [3.05, 3.63) is 82.5 Å². The minimum Gasteiger partial charge on any atom is -0.489 e. The summed E-state index contributed by atoms with van der Waals surface area (Å²) in [5.74, 6) is 0.115. The van der Waals surface area contributed by atoms with Crippen LogP contribution in [0.3, 0.4) is 0 Å². The Balaban J connectivity index is 1.69. The van der Waals surface area contributed by atoms with Crippen LogP contribution in [0.5, 0.6) is 5.75 Å². The number of carbonyl (C=O) groups is 1. The molecule has 6 heteroatoms. The zero-order valence-corrected chi connectivity index (χ0v) is 18.0. The molecule has 1 atom stereocenters. The number of rotatable bonds is 6. The fourth-order valence-corrected chi connectivity index (χ4v) is 3.07. The molecule has 30 heavy (non-hydrogen) atoms. The van der Waals surface area contributed by atoms with E-state index in [1.165, 1.54) is 17.7 Å². The molecule has 0 radical (unpaired) electrons. The van der Waals surface area contributed by atoms with E-state index >= 15 is 0 Å². The Kier molecular flexibility index (Phi) is 6.25. The molecule has 0 aliphatic carbocycles. The number of nitrogens with one attached hydrogen (secondary N) is 1. The van der Waals surface area contributed by atoms with Gasteiger partial charge in [0.25, 0.3) is 5.91 Å². The van der Waals surface area contributed by atoms with E-state index in [0.29, 0.717) is 17.1 Å². The van der Waals surface area contributed by atoms with E-state index in [4.69, 9.17) is 9.26 Å². The lowest BCUT2D eigenvalue weighted by Gasteiger charge is -2.20. The number of carbonyl (C=O) groups excluding carboxylic acids is 1. The first-order chi connectivity index (χ1) is 14.1. The molecule has 1 unspecified atom stereocenters. The van der Waals surface area contributed by atoms with E-state index in [-0.39, 0.29) is 35.5 Å². The van der Waals surface area contributed by atoms with Gasteiger partial charge in [0.1, 0.15) is 23.9 Å². The Hall–Kier alpha value is -3.15. The Labute approximate surface area is 176 Å². The van der Waals surface area contributed by atoms with Crippen LogP contribution in [-0.2, 0) is 12.0 Å². The number of aryl methyl sites for hydroxylation is 1. The molecule has 1 aromatic heterocycles. The van der Waals surface area contributed by atoms with E-state index < -0.39 is 0 Å². The minimum absolute atomic E-state index is 0.0518. The summed E-state index contributed by atoms with van der Waals surface area (Å²) >= 11 is 0. The fraction of sp³-hybridized carbons (Fsp3) is 0.333. The fourth-order valence-electron chi connectivity index (χ4n) is 3.07. The summed E-state index contributed by atoms with van der Waals surface area (Å²) in [7, 11) is 0. The van der Waals surface area contributed by atoms with Crippen molar-refractivity contribution in [2.75, 3.05) is 0 Å². The van der Waals surface area contributed by atoms with Crippen LogP contribution in [-0.4, -0.2) is 11.1 Å². The van der Waals surface area contributed by atoms with Crippen molar-refractivity contribution in [3.8, 4) is 5.75 Å². The lowest BCUT2D eigenvalue weighted by atomic mass is 9.86. The monoisotopic (exact) mass is 410 g/mol. The van der Waals surface area contributed by atoms with E-state index in [1.807, 2.05) is 19.1 Å². The Morgan fingerprint density at radius 3 is 2.53 bits per heavy atom. The third-order valence-electron chi connectivity index (χ3n) is 5.00. The van der Waals surface area contributed by atoms with Gasteiger partial charge in [-0.05, 0) is 42.5 Å². The molecule has 5 nitrogen and oxygen atoms in total. The van der Waals surface area contributed by atoms with Gasteiger partial charge in [0.2, 0.25) is 0 Å². The summed E-state index contributed by atoms with van der Waals surface area (Å²) in [4.78, 5) is 12.8. The number of halogens is 1. The summed E-state index contributed by atoms with van der Waals surface area (Å²) in [5, 5.41) is 6.85. The molecule has 0 aliphatic heterocycles. The average Bonchev–Trinajstić information content (AvgIpc) is 3.06. The van der Waals surface area contributed by atoms with Gasteiger partial charge in [-0.25, -0.2) is 4.39 Å². The van der Waals surface area contributed by atoms with Crippen LogP contribution in [0, 0.1) is 12.7 Å². The van der Waals surface area contributed by atoms with Crippen molar-refractivity contribution in [2.45, 2.75) is 52.7 Å². The van der Waals surface area contributed by atoms with Gasteiger partial charge < -0.3 is 14.6 Å². The van der Waals surface area contributed by atoms with Crippen LogP contribution in [0.25, 0.3) is 0 Å². The van der Waals surface area contributed by atoms with E-state index in [2.05, 4.69) is 43.4 Å². The highest BCUT2D eigenvalue weighted by Gasteiger charge is 2.22. The summed E-state index contributed by atoms with van der Waals surface area (Å²) < 4.78 is 24.2. The molecule has 0 saturated heterocycles. The molecule has 158 valence electrons. The van der Waals surface area contributed by atoms with Crippen molar-refractivity contribution in [1.29, 1.82) is 0 Å². The molecular weight excluding hydrogens is 383 g/mol. The summed E-state index contributed by atoms with van der Waals surface area (Å²) in [6.45, 7) is 10.2. The lowest BCUT2D eigenvalue weighted by Crippen LogP contribution is -2.28. The normalized spacial score (nSPS) is 12.5. The van der Waals surface area contributed by atoms with Crippen molar-refractivity contribution in [3.63, 3.8) is 0 Å². The molecule has 3 rings (SSSR count). The van der Waals surface area contributed by atoms with Gasteiger partial charge in [0.15, 0.2) is 5.69 Å². The molecule has 3 aromatic rings. The number of amides is 1. The molecule has 0 fully saturated rings. The van der Waals surface area contributed by atoms with Crippen LogP contribution >= 0.6 is 0 Å². The molecule has 1 amide bonds. The second-order valence-corrected chi connectivity index (χ2v) is 8.38. The molecule has 1 heterocycles. The second-order valence-electron chi connectivity index (χ2n) is 8.38. The number of hydrogen-bond acceptors (Lipinski definition) is 4. The molecule has 0 saturated carbocycles. The topological polar surface area (TPSA) is 64.4 Å². The van der Waals surface area contributed by atoms with Gasteiger partial charge in [-0.15, -0.1) is 0 Å². The van der Waals surface area contributed by atoms with Crippen molar-refractivity contribution < 1.29 is 18.4 Å². The van der Waals surface area contributed by atoms with Crippen molar-refractivity contribution in [2.24, 2.45) is 0 Å². The highest BCUT2D eigenvalue weighted by Crippen LogP contribution is 2.24. The molecule has 0 bridgehead atoms. The van der Waals surface area contributed by atoms with Crippen LogP contribution in [0.4, 0.5) is 4.39 Å². The van der Waals surface area contributed by atoms with Crippen LogP contribution in [0.2, 0.25) is 0 Å². The summed E-state index contributed by atoms with van der Waals surface area (Å²) in [6, 6.07) is 13.8. The van der Waals surface area contributed by atoms with Crippen molar-refractivity contribution in [1.82, 2.24) is 10.5 Å². The number of benzene rings is 2. The highest BCUT2D eigenvalue weighted by atomic mass is 19.1. The van der Waals surface area contributed by atoms with Gasteiger partial charge in [-0.1, -0.05) is 56.3 Å². The van der Waals surface area contributed by atoms with E-state index in [0.717, 1.165) is 5.56 Å². The van der Waals surface area contributed by atoms with E-state index in [9.17, 15) is 9.18 Å². The first kappa shape index (κ1) is 21.6. The van der Waals surface area contributed by atoms with E-state index in [1.54, 1.807) is 19.1 Å². The largest absolute Gasteiger partial charge is 0.489 e.